The van der Waals surface area contributed by atoms with Crippen molar-refractivity contribution in [1.29, 1.82) is 0 Å². The van der Waals surface area contributed by atoms with Gasteiger partial charge in [0.1, 0.15) is 5.65 Å². The van der Waals surface area contributed by atoms with E-state index in [4.69, 9.17) is 4.74 Å². The highest BCUT2D eigenvalue weighted by molar-refractivity contribution is 7.07. The van der Waals surface area contributed by atoms with Crippen LogP contribution in [0, 0.1) is 6.92 Å². The van der Waals surface area contributed by atoms with Gasteiger partial charge in [-0.15, -0.1) is 0 Å². The zero-order valence-corrected chi connectivity index (χ0v) is 15.7. The van der Waals surface area contributed by atoms with Crippen molar-refractivity contribution >= 4 is 22.9 Å². The van der Waals surface area contributed by atoms with Crippen LogP contribution < -0.4 is 0 Å². The van der Waals surface area contributed by atoms with Gasteiger partial charge in [0.05, 0.1) is 18.2 Å². The van der Waals surface area contributed by atoms with Gasteiger partial charge in [-0.1, -0.05) is 6.07 Å². The molecule has 0 saturated carbocycles. The summed E-state index contributed by atoms with van der Waals surface area (Å²) in [6.07, 6.45) is 6.40. The lowest BCUT2D eigenvalue weighted by atomic mass is 10.2. The molecule has 1 saturated heterocycles. The molecule has 26 heavy (non-hydrogen) atoms. The molecule has 3 aromatic rings. The number of rotatable bonds is 6. The van der Waals surface area contributed by atoms with E-state index in [0.29, 0.717) is 19.5 Å². The van der Waals surface area contributed by atoms with Crippen LogP contribution in [0.5, 0.6) is 0 Å². The zero-order valence-electron chi connectivity index (χ0n) is 14.9. The molecule has 0 radical (unpaired) electrons. The molecule has 136 valence electrons. The van der Waals surface area contributed by atoms with Crippen LogP contribution in [-0.4, -0.2) is 39.4 Å². The summed E-state index contributed by atoms with van der Waals surface area (Å²) in [5, 5.41) is 4.16. The smallest absolute Gasteiger partial charge is 0.228 e. The number of carbonyl (C=O) groups is 1. The summed E-state index contributed by atoms with van der Waals surface area (Å²) >= 11 is 1.66. The summed E-state index contributed by atoms with van der Waals surface area (Å²) in [4.78, 5) is 19.5. The molecule has 1 fully saturated rings. The number of hydrogen-bond acceptors (Lipinski definition) is 4. The number of imidazole rings is 1. The van der Waals surface area contributed by atoms with Crippen LogP contribution in [0.3, 0.4) is 0 Å². The van der Waals surface area contributed by atoms with Crippen molar-refractivity contribution in [3.05, 3.63) is 58.2 Å². The lowest BCUT2D eigenvalue weighted by molar-refractivity contribution is -0.132. The van der Waals surface area contributed by atoms with Crippen LogP contribution in [0.2, 0.25) is 0 Å². The van der Waals surface area contributed by atoms with Crippen LogP contribution in [0.25, 0.3) is 5.65 Å². The molecule has 0 bridgehead atoms. The number of aromatic nitrogens is 2. The fourth-order valence-corrected chi connectivity index (χ4v) is 4.15. The molecule has 1 aliphatic rings. The van der Waals surface area contributed by atoms with Gasteiger partial charge in [0, 0.05) is 32.1 Å². The van der Waals surface area contributed by atoms with E-state index in [0.717, 1.165) is 36.4 Å². The van der Waals surface area contributed by atoms with Crippen molar-refractivity contribution in [2.75, 3.05) is 13.2 Å². The number of ether oxygens (including phenoxy) is 1. The van der Waals surface area contributed by atoms with Crippen molar-refractivity contribution in [1.82, 2.24) is 14.3 Å². The van der Waals surface area contributed by atoms with E-state index >= 15 is 0 Å². The van der Waals surface area contributed by atoms with Gasteiger partial charge in [-0.25, -0.2) is 4.98 Å². The lowest BCUT2D eigenvalue weighted by Gasteiger charge is -2.25. The SMILES string of the molecule is Cc1cccn2c(CC(=O)N(Cc3ccsc3)C[C@H]3CCCO3)cnc12. The molecule has 4 rings (SSSR count). The molecule has 0 unspecified atom stereocenters. The topological polar surface area (TPSA) is 46.8 Å². The van der Waals surface area contributed by atoms with E-state index in [1.54, 1.807) is 11.3 Å². The first-order valence-corrected chi connectivity index (χ1v) is 9.97. The molecule has 0 spiro atoms. The Kier molecular flexibility index (Phi) is 5.04. The fourth-order valence-electron chi connectivity index (χ4n) is 3.49. The Bertz CT molecular complexity index is 882. The van der Waals surface area contributed by atoms with Gasteiger partial charge in [-0.05, 0) is 53.8 Å². The van der Waals surface area contributed by atoms with Crippen LogP contribution in [0.15, 0.2) is 41.4 Å². The molecule has 0 aromatic carbocycles. The van der Waals surface area contributed by atoms with Crippen LogP contribution >= 0.6 is 11.3 Å². The number of nitrogens with zero attached hydrogens (tertiary/aromatic N) is 3. The number of fused-ring (bicyclic) bond motifs is 1. The molecule has 6 heteroatoms. The minimum absolute atomic E-state index is 0.120. The molecule has 0 N–H and O–H groups in total. The first-order valence-electron chi connectivity index (χ1n) is 9.03. The van der Waals surface area contributed by atoms with Crippen molar-refractivity contribution in [2.45, 2.75) is 38.8 Å². The average molecular weight is 369 g/mol. The van der Waals surface area contributed by atoms with Crippen molar-refractivity contribution in [2.24, 2.45) is 0 Å². The number of hydrogen-bond donors (Lipinski definition) is 0. The van der Waals surface area contributed by atoms with Crippen LogP contribution in [-0.2, 0) is 22.5 Å². The zero-order chi connectivity index (χ0) is 17.9. The van der Waals surface area contributed by atoms with Crippen molar-refractivity contribution < 1.29 is 9.53 Å². The molecule has 4 heterocycles. The van der Waals surface area contributed by atoms with Crippen molar-refractivity contribution in [3.63, 3.8) is 0 Å². The van der Waals surface area contributed by atoms with Gasteiger partial charge in [0.25, 0.3) is 0 Å². The van der Waals surface area contributed by atoms with Gasteiger partial charge >= 0.3 is 0 Å². The summed E-state index contributed by atoms with van der Waals surface area (Å²) in [5.41, 5.74) is 4.13. The predicted octanol–water partition coefficient (Wildman–Crippen LogP) is 3.45. The monoisotopic (exact) mass is 369 g/mol. The Hall–Kier alpha value is -2.18. The standard InChI is InChI=1S/C20H23N3O2S/c1-15-4-2-7-23-17(11-21-20(15)23)10-19(24)22(12-16-6-9-26-14-16)13-18-5-3-8-25-18/h2,4,6-7,9,11,14,18H,3,5,8,10,12-13H2,1H3/t18-/m1/s1. The highest BCUT2D eigenvalue weighted by Crippen LogP contribution is 2.18. The van der Waals surface area contributed by atoms with Gasteiger partial charge in [-0.3, -0.25) is 4.79 Å². The Morgan fingerprint density at radius 2 is 2.38 bits per heavy atom. The third-order valence-electron chi connectivity index (χ3n) is 4.89. The maximum Gasteiger partial charge on any atom is 0.228 e. The van der Waals surface area contributed by atoms with Crippen molar-refractivity contribution in [3.8, 4) is 0 Å². The molecule has 3 aromatic heterocycles. The third-order valence-corrected chi connectivity index (χ3v) is 5.63. The van der Waals surface area contributed by atoms with E-state index in [-0.39, 0.29) is 12.0 Å². The maximum absolute atomic E-state index is 13.1. The molecule has 5 nitrogen and oxygen atoms in total. The molecular formula is C20H23N3O2S. The molecule has 1 atom stereocenters. The molecule has 1 aliphatic heterocycles. The number of thiophene rings is 1. The fraction of sp³-hybridized carbons (Fsp3) is 0.400. The number of pyridine rings is 1. The first-order chi connectivity index (χ1) is 12.7. The summed E-state index contributed by atoms with van der Waals surface area (Å²) in [6, 6.07) is 6.11. The minimum Gasteiger partial charge on any atom is -0.376 e. The Labute approximate surface area is 157 Å². The Morgan fingerprint density at radius 1 is 1.46 bits per heavy atom. The second-order valence-corrected chi connectivity index (χ2v) is 7.63. The van der Waals surface area contributed by atoms with Gasteiger partial charge in [0.15, 0.2) is 0 Å². The number of aryl methyl sites for hydroxylation is 1. The summed E-state index contributed by atoms with van der Waals surface area (Å²) in [7, 11) is 0. The highest BCUT2D eigenvalue weighted by atomic mass is 32.1. The van der Waals surface area contributed by atoms with Gasteiger partial charge < -0.3 is 14.0 Å². The summed E-state index contributed by atoms with van der Waals surface area (Å²) in [5.74, 6) is 0.120. The second-order valence-electron chi connectivity index (χ2n) is 6.85. The van der Waals surface area contributed by atoms with E-state index in [9.17, 15) is 4.79 Å². The number of carbonyl (C=O) groups excluding carboxylic acids is 1. The molecule has 0 aliphatic carbocycles. The van der Waals surface area contributed by atoms with Gasteiger partial charge in [-0.2, -0.15) is 11.3 Å². The average Bonchev–Trinajstić information content (AvgIpc) is 3.37. The normalized spacial score (nSPS) is 17.0. The van der Waals surface area contributed by atoms with Crippen LogP contribution in [0.4, 0.5) is 0 Å². The van der Waals surface area contributed by atoms with E-state index in [1.807, 2.05) is 40.8 Å². The first kappa shape index (κ1) is 17.2. The van der Waals surface area contributed by atoms with E-state index in [1.165, 1.54) is 5.56 Å². The van der Waals surface area contributed by atoms with E-state index in [2.05, 4.69) is 21.8 Å². The highest BCUT2D eigenvalue weighted by Gasteiger charge is 2.23. The minimum atomic E-state index is 0.120. The van der Waals surface area contributed by atoms with Gasteiger partial charge in [0.2, 0.25) is 5.91 Å². The predicted molar refractivity (Wildman–Crippen MR) is 102 cm³/mol. The van der Waals surface area contributed by atoms with E-state index < -0.39 is 0 Å². The Balaban J connectivity index is 1.53. The summed E-state index contributed by atoms with van der Waals surface area (Å²) < 4.78 is 7.78. The number of amides is 1. The summed E-state index contributed by atoms with van der Waals surface area (Å²) in [6.45, 7) is 4.13. The largest absolute Gasteiger partial charge is 0.376 e. The molecular weight excluding hydrogens is 346 g/mol. The van der Waals surface area contributed by atoms with Crippen LogP contribution in [0.1, 0.15) is 29.7 Å². The maximum atomic E-state index is 13.1. The Morgan fingerprint density at radius 3 is 3.15 bits per heavy atom. The molecule has 1 amide bonds. The third kappa shape index (κ3) is 3.66. The lowest BCUT2D eigenvalue weighted by Crippen LogP contribution is -2.37. The second kappa shape index (κ2) is 7.60. The quantitative estimate of drug-likeness (QED) is 0.669.